The van der Waals surface area contributed by atoms with Crippen molar-refractivity contribution in [3.8, 4) is 0 Å². The fraction of sp³-hybridized carbons (Fsp3) is 0.909. The molecular weight excluding hydrogens is 276 g/mol. The van der Waals surface area contributed by atoms with Crippen molar-refractivity contribution in [2.45, 2.75) is 26.7 Å². The molecule has 7 heteroatoms. The van der Waals surface area contributed by atoms with Gasteiger partial charge in [-0.05, 0) is 17.3 Å². The van der Waals surface area contributed by atoms with Gasteiger partial charge < -0.3 is 4.74 Å². The maximum absolute atomic E-state index is 11.4. The van der Waals surface area contributed by atoms with Gasteiger partial charge in [0.2, 0.25) is 0 Å². The van der Waals surface area contributed by atoms with Gasteiger partial charge in [0.15, 0.2) is 0 Å². The summed E-state index contributed by atoms with van der Waals surface area (Å²) in [4.78, 5) is 11.4. The highest BCUT2D eigenvalue weighted by Crippen LogP contribution is 2.04. The molecule has 0 spiro atoms. The Hall–Kier alpha value is -0.270. The first-order chi connectivity index (χ1) is 8.26. The van der Waals surface area contributed by atoms with Crippen LogP contribution in [-0.4, -0.2) is 49.1 Å². The quantitative estimate of drug-likeness (QED) is 0.392. The van der Waals surface area contributed by atoms with Gasteiger partial charge in [0, 0.05) is 6.42 Å². The Labute approximate surface area is 112 Å². The molecule has 2 unspecified atom stereocenters. The van der Waals surface area contributed by atoms with Gasteiger partial charge in [0.1, 0.15) is 18.1 Å². The monoisotopic (exact) mass is 299 g/mol. The molecule has 0 rings (SSSR count). The summed E-state index contributed by atoms with van der Waals surface area (Å²) in [5.41, 5.74) is 0. The van der Waals surface area contributed by atoms with Crippen molar-refractivity contribution in [2.24, 2.45) is 5.92 Å². The molecule has 0 fully saturated rings. The van der Waals surface area contributed by atoms with Crippen LogP contribution in [0.2, 0.25) is 0 Å². The molecule has 0 radical (unpaired) electrons. The Morgan fingerprint density at radius 2 is 2.00 bits per heavy atom. The van der Waals surface area contributed by atoms with E-state index < -0.39 is 10.1 Å². The molecule has 0 heterocycles. The van der Waals surface area contributed by atoms with E-state index in [9.17, 15) is 13.2 Å². The number of hydrogen-bond donors (Lipinski definition) is 1. The Bertz CT molecular complexity index is 339. The van der Waals surface area contributed by atoms with Crippen molar-refractivity contribution in [2.75, 3.05) is 30.1 Å². The van der Waals surface area contributed by atoms with Crippen molar-refractivity contribution < 1.29 is 22.5 Å². The second-order valence-electron chi connectivity index (χ2n) is 4.31. The molecule has 108 valence electrons. The van der Waals surface area contributed by atoms with E-state index in [-0.39, 0.29) is 28.5 Å². The van der Waals surface area contributed by atoms with Crippen LogP contribution in [0.4, 0.5) is 0 Å². The van der Waals surface area contributed by atoms with Crippen LogP contribution in [0.3, 0.4) is 0 Å². The summed E-state index contributed by atoms with van der Waals surface area (Å²) in [5.74, 6) is 1.03. The number of carbonyl (C=O) groups excluding carboxylic acids is 1. The molecule has 0 bridgehead atoms. The van der Waals surface area contributed by atoms with Gasteiger partial charge >= 0.3 is 5.97 Å². The number of carbonyl (C=O) groups is 1. The number of hydrogen-bond acceptors (Lipinski definition) is 4. The fourth-order valence-corrected chi connectivity index (χ4v) is 3.08. The molecular formula is C11H23O5S2+. The standard InChI is InChI=1S/C11H22O5S2/c1-4-10(2)11(12)16-6-8-17(3)7-5-9-18(13,14)15/h10H,4-9H2,1-3H3/p+1. The van der Waals surface area contributed by atoms with Gasteiger partial charge in [-0.3, -0.25) is 9.35 Å². The molecule has 0 amide bonds. The predicted molar refractivity (Wildman–Crippen MR) is 74.5 cm³/mol. The van der Waals surface area contributed by atoms with E-state index in [2.05, 4.69) is 0 Å². The van der Waals surface area contributed by atoms with Crippen LogP contribution >= 0.6 is 0 Å². The van der Waals surface area contributed by atoms with Gasteiger partial charge in [-0.25, -0.2) is 0 Å². The third-order valence-corrected chi connectivity index (χ3v) is 5.24. The summed E-state index contributed by atoms with van der Waals surface area (Å²) in [5, 5.41) is 0. The Morgan fingerprint density at radius 3 is 2.50 bits per heavy atom. The SMILES string of the molecule is CCC(C)C(=O)OCC[S+](C)CCCS(=O)(=O)O. The maximum atomic E-state index is 11.4. The fourth-order valence-electron chi connectivity index (χ4n) is 1.18. The molecule has 0 aliphatic heterocycles. The number of ether oxygens (including phenoxy) is 1. The minimum Gasteiger partial charge on any atom is -0.460 e. The second-order valence-corrected chi connectivity index (χ2v) is 8.26. The highest BCUT2D eigenvalue weighted by Gasteiger charge is 2.16. The van der Waals surface area contributed by atoms with Crippen LogP contribution in [0.25, 0.3) is 0 Å². The highest BCUT2D eigenvalue weighted by atomic mass is 32.2. The third-order valence-electron chi connectivity index (χ3n) is 2.59. The molecule has 0 aromatic rings. The zero-order valence-electron chi connectivity index (χ0n) is 11.2. The van der Waals surface area contributed by atoms with Crippen LogP contribution in [0, 0.1) is 5.92 Å². The third kappa shape index (κ3) is 9.73. The first-order valence-corrected chi connectivity index (χ1v) is 9.55. The molecule has 0 saturated heterocycles. The molecule has 5 nitrogen and oxygen atoms in total. The zero-order valence-corrected chi connectivity index (χ0v) is 12.8. The van der Waals surface area contributed by atoms with Gasteiger partial charge in [-0.2, -0.15) is 8.42 Å². The lowest BCUT2D eigenvalue weighted by atomic mass is 10.1. The van der Waals surface area contributed by atoms with E-state index in [1.165, 1.54) is 0 Å². The van der Waals surface area contributed by atoms with E-state index in [0.29, 0.717) is 13.0 Å². The molecule has 0 aliphatic carbocycles. The smallest absolute Gasteiger partial charge is 0.308 e. The molecule has 18 heavy (non-hydrogen) atoms. The average Bonchev–Trinajstić information content (AvgIpc) is 2.26. The number of rotatable bonds is 9. The largest absolute Gasteiger partial charge is 0.460 e. The van der Waals surface area contributed by atoms with E-state index in [1.54, 1.807) is 0 Å². The molecule has 0 aliphatic rings. The van der Waals surface area contributed by atoms with E-state index in [0.717, 1.165) is 17.9 Å². The Morgan fingerprint density at radius 1 is 1.39 bits per heavy atom. The Kier molecular flexibility index (Phi) is 8.64. The van der Waals surface area contributed by atoms with Crippen LogP contribution < -0.4 is 0 Å². The van der Waals surface area contributed by atoms with Gasteiger partial charge in [0.05, 0.1) is 17.9 Å². The summed E-state index contributed by atoms with van der Waals surface area (Å²) in [7, 11) is -3.84. The van der Waals surface area contributed by atoms with Crippen LogP contribution in [0.1, 0.15) is 26.7 Å². The lowest BCUT2D eigenvalue weighted by Gasteiger charge is -2.09. The number of esters is 1. The topological polar surface area (TPSA) is 80.7 Å². The van der Waals surface area contributed by atoms with Gasteiger partial charge in [-0.15, -0.1) is 0 Å². The minimum absolute atomic E-state index is 0.0109. The van der Waals surface area contributed by atoms with Crippen molar-refractivity contribution in [3.63, 3.8) is 0 Å². The zero-order chi connectivity index (χ0) is 14.2. The van der Waals surface area contributed by atoms with Crippen molar-refractivity contribution in [1.82, 2.24) is 0 Å². The van der Waals surface area contributed by atoms with Crippen molar-refractivity contribution >= 4 is 27.0 Å². The first-order valence-electron chi connectivity index (χ1n) is 5.97. The summed E-state index contributed by atoms with van der Waals surface area (Å²) in [6, 6.07) is 0. The Balaban J connectivity index is 3.65. The van der Waals surface area contributed by atoms with Crippen LogP contribution in [-0.2, 0) is 30.5 Å². The summed E-state index contributed by atoms with van der Waals surface area (Å²) >= 11 is 0. The van der Waals surface area contributed by atoms with Crippen LogP contribution in [0.5, 0.6) is 0 Å². The lowest BCUT2D eigenvalue weighted by Crippen LogP contribution is -2.21. The van der Waals surface area contributed by atoms with E-state index >= 15 is 0 Å². The van der Waals surface area contributed by atoms with Crippen molar-refractivity contribution in [3.05, 3.63) is 0 Å². The normalized spacial score (nSPS) is 15.1. The summed E-state index contributed by atoms with van der Waals surface area (Å²) in [6.07, 6.45) is 3.21. The molecule has 0 aromatic carbocycles. The maximum Gasteiger partial charge on any atom is 0.308 e. The summed E-state index contributed by atoms with van der Waals surface area (Å²) in [6.45, 7) is 4.15. The second kappa shape index (κ2) is 8.77. The lowest BCUT2D eigenvalue weighted by molar-refractivity contribution is -0.147. The predicted octanol–water partition coefficient (Wildman–Crippen LogP) is 1.10. The average molecular weight is 299 g/mol. The van der Waals surface area contributed by atoms with E-state index in [1.807, 2.05) is 20.1 Å². The molecule has 0 saturated carbocycles. The summed E-state index contributed by atoms with van der Waals surface area (Å²) < 4.78 is 34.7. The molecule has 1 N–H and O–H groups in total. The minimum atomic E-state index is -3.85. The van der Waals surface area contributed by atoms with Gasteiger partial charge in [-0.1, -0.05) is 13.8 Å². The molecule has 2 atom stereocenters. The van der Waals surface area contributed by atoms with E-state index in [4.69, 9.17) is 9.29 Å². The first kappa shape index (κ1) is 17.7. The highest BCUT2D eigenvalue weighted by molar-refractivity contribution is 7.96. The van der Waals surface area contributed by atoms with Gasteiger partial charge in [0.25, 0.3) is 10.1 Å². The molecule has 0 aromatic heterocycles. The van der Waals surface area contributed by atoms with Crippen LogP contribution in [0.15, 0.2) is 0 Å². The van der Waals surface area contributed by atoms with Crippen molar-refractivity contribution in [1.29, 1.82) is 0 Å².